The number of piperazine rings is 2. The molecule has 6 aromatic rings. The summed E-state index contributed by atoms with van der Waals surface area (Å²) in [6.07, 6.45) is -3.33. The Hall–Kier alpha value is -12.9. The molecule has 3 fully saturated rings. The number of amides is 9. The molecule has 0 saturated carbocycles. The number of aromatic hydroxyl groups is 4. The molecule has 148 heavy (non-hydrogen) atoms. The van der Waals surface area contributed by atoms with Crippen molar-refractivity contribution in [3.63, 3.8) is 0 Å². The van der Waals surface area contributed by atoms with E-state index in [9.17, 15) is 122 Å². The first kappa shape index (κ1) is 120. The van der Waals surface area contributed by atoms with Crippen molar-refractivity contribution in [1.29, 1.82) is 0 Å². The number of aliphatic carboxylic acids is 4. The Labute approximate surface area is 887 Å². The summed E-state index contributed by atoms with van der Waals surface area (Å²) < 4.78 is 3.09. The Bertz CT molecular complexity index is 5590. The summed E-state index contributed by atoms with van der Waals surface area (Å²) in [6, 6.07) is 16.1. The molecule has 5 heterocycles. The van der Waals surface area contributed by atoms with E-state index >= 15 is 0 Å². The number of aromatic nitrogens is 6. The minimum absolute atomic E-state index is 0. The molecule has 0 bridgehead atoms. The number of Topliss-reactive ketones (excluding diaryl/α,β-unsaturated/α-hetero) is 4. The molecule has 18 N–H and O–H groups in total. The molecule has 46 nitrogen and oxygen atoms in total. The van der Waals surface area contributed by atoms with Gasteiger partial charge >= 0.3 is 23.9 Å². The van der Waals surface area contributed by atoms with Gasteiger partial charge < -0.3 is 89.1 Å². The number of carboxylic acids is 4. The minimum atomic E-state index is -1.55. The third-order valence-electron chi connectivity index (χ3n) is 26.5. The molecule has 3 aliphatic rings. The summed E-state index contributed by atoms with van der Waals surface area (Å²) in [5, 5.41) is 111. The van der Waals surface area contributed by atoms with Gasteiger partial charge in [-0.1, -0.05) is 64.8 Å². The van der Waals surface area contributed by atoms with Crippen molar-refractivity contribution in [3.05, 3.63) is 107 Å². The minimum Gasteiger partial charge on any atom is -0.508 e. The van der Waals surface area contributed by atoms with Crippen molar-refractivity contribution in [2.24, 2.45) is 29.0 Å². The Kier molecular flexibility index (Phi) is 48.3. The average Bonchev–Trinajstić information content (AvgIpc) is 1.61. The number of carbonyl (C=O) groups excluding carboxylic acids is 13. The first-order valence-corrected chi connectivity index (χ1v) is 50.1. The molecule has 2 aromatic heterocycles. The summed E-state index contributed by atoms with van der Waals surface area (Å²) in [7, 11) is 0. The first-order valence-electron chi connectivity index (χ1n) is 50.1. The monoisotopic (exact) mass is 2220 g/mol. The summed E-state index contributed by atoms with van der Waals surface area (Å²) in [4.78, 5) is 239. The number of hydrogen-bond acceptors (Lipinski definition) is 31. The van der Waals surface area contributed by atoms with Crippen molar-refractivity contribution in [2.45, 2.75) is 213 Å². The summed E-state index contributed by atoms with van der Waals surface area (Å²) in [5.41, 5.74) is 21.0. The fourth-order valence-corrected chi connectivity index (χ4v) is 18.4. The topological polar surface area (TPSA) is 666 Å². The predicted octanol–water partition coefficient (Wildman–Crippen LogP) is 3.40. The van der Waals surface area contributed by atoms with Crippen molar-refractivity contribution in [2.75, 3.05) is 137 Å². The number of hydrogen-bond donors (Lipinski definition) is 15. The maximum Gasteiger partial charge on any atom is 0.320 e. The maximum absolute atomic E-state index is 14.9. The molecule has 3 aliphatic heterocycles. The number of nitrogens with one attached hydrogen (secondary N) is 4. The predicted molar refractivity (Wildman–Crippen MR) is 534 cm³/mol. The van der Waals surface area contributed by atoms with Gasteiger partial charge in [0.1, 0.15) is 40.6 Å². The Morgan fingerprint density at radius 3 is 1.24 bits per heavy atom. The van der Waals surface area contributed by atoms with E-state index in [4.69, 9.17) is 17.2 Å². The van der Waals surface area contributed by atoms with E-state index in [1.54, 1.807) is 52.5 Å². The van der Waals surface area contributed by atoms with Gasteiger partial charge in [-0.25, -0.2) is 0 Å². The number of carboxylic acid groups (broad SMARTS) is 4. The van der Waals surface area contributed by atoms with Gasteiger partial charge in [0.15, 0.2) is 23.2 Å². The Balaban J connectivity index is 0.0000267. The number of primary amides is 3. The Morgan fingerprint density at radius 1 is 0.392 bits per heavy atom. The molecular weight excluding hydrogens is 2080 g/mol. The van der Waals surface area contributed by atoms with Crippen LogP contribution in [-0.2, 0) is 85.0 Å². The van der Waals surface area contributed by atoms with Gasteiger partial charge in [-0.05, 0) is 129 Å². The van der Waals surface area contributed by atoms with Gasteiger partial charge in [0.25, 0.3) is 11.8 Å². The van der Waals surface area contributed by atoms with E-state index in [1.165, 1.54) is 36.3 Å². The molecule has 4 aromatic carbocycles. The molecule has 0 aliphatic carbocycles. The zero-order valence-corrected chi connectivity index (χ0v) is 86.3. The van der Waals surface area contributed by atoms with Gasteiger partial charge in [-0.3, -0.25) is 120 Å². The van der Waals surface area contributed by atoms with Crippen LogP contribution >= 0.6 is 0 Å². The van der Waals surface area contributed by atoms with Crippen LogP contribution in [0.15, 0.2) is 72.8 Å². The molecule has 5 atom stereocenters. The summed E-state index contributed by atoms with van der Waals surface area (Å²) in [6.45, 7) is 14.5. The van der Waals surface area contributed by atoms with E-state index in [-0.39, 0.29) is 246 Å². The smallest absolute Gasteiger partial charge is 0.320 e. The normalized spacial score (nSPS) is 15.5. The number of phenolic OH excluding ortho intramolecular Hbond substituents is 4. The number of phenols is 4. The molecule has 0 spiro atoms. The average molecular weight is 2220 g/mol. The van der Waals surface area contributed by atoms with Crippen LogP contribution in [0, 0.1) is 48.7 Å². The second kappa shape index (κ2) is 59.4. The van der Waals surface area contributed by atoms with E-state index in [1.807, 2.05) is 64.1 Å². The van der Waals surface area contributed by atoms with E-state index in [0.29, 0.717) is 120 Å². The number of unbranched alkanes of at least 4 members (excludes halogenated alkanes) is 2. The molecule has 1 radical (unpaired) electrons. The van der Waals surface area contributed by atoms with Crippen LogP contribution in [-0.4, -0.2) is 365 Å². The Morgan fingerprint density at radius 2 is 0.811 bits per heavy atom. The molecule has 0 unspecified atom stereocenters. The number of nitrogens with zero attached hydrogens (tertiary/aromatic N) is 14. The summed E-state index contributed by atoms with van der Waals surface area (Å²) >= 11 is 0. The molecule has 3 saturated heterocycles. The van der Waals surface area contributed by atoms with Crippen LogP contribution in [0.1, 0.15) is 225 Å². The quantitative estimate of drug-likeness (QED) is 0.0243. The van der Waals surface area contributed by atoms with Crippen molar-refractivity contribution in [1.82, 2.24) is 90.0 Å². The van der Waals surface area contributed by atoms with Crippen LogP contribution in [0.4, 0.5) is 0 Å². The second-order valence-corrected chi connectivity index (χ2v) is 38.2. The first-order chi connectivity index (χ1) is 70.0. The van der Waals surface area contributed by atoms with Gasteiger partial charge in [0.05, 0.1) is 42.8 Å². The number of benzene rings is 4. The number of carbonyl (C=O) groups is 17. The van der Waals surface area contributed by atoms with Crippen molar-refractivity contribution in [3.8, 4) is 57.1 Å². The zero-order valence-electron chi connectivity index (χ0n) is 84.6. The molecule has 9 rings (SSSR count). The maximum atomic E-state index is 14.9. The van der Waals surface area contributed by atoms with Gasteiger partial charge in [0, 0.05) is 274 Å². The number of nitrogens with two attached hydrogens (primary N) is 3. The van der Waals surface area contributed by atoms with Crippen molar-refractivity contribution >= 4 is 100 Å². The van der Waals surface area contributed by atoms with Crippen LogP contribution in [0.3, 0.4) is 0 Å². The van der Waals surface area contributed by atoms with E-state index in [0.717, 1.165) is 11.1 Å². The van der Waals surface area contributed by atoms with Gasteiger partial charge in [-0.2, -0.15) is 0 Å². The van der Waals surface area contributed by atoms with Crippen LogP contribution in [0.5, 0.6) is 23.0 Å². The standard InChI is InChI=1S/C101H141N21O25.Lu/c1-7-105-98(143)95-111-109-93(74-53-72(62(3)4)80(126)55-82(74)128)121(95)68-22-17-64(18-23-68)57-113-41-47-119(48-42-113)89(135)34-26-71(124)51-67(100(145)120-49-43-114(44-50-120)58-65-19-24-69(25-20-65)122-94(110-112-96(122)99(144)106-8-2)75-54-73(63(5)6)81(127)56-83(75)129)13-10-9-11-14-70(123)15-12-16-79(125)76(27-31-86(103)132)108-97(142)66(21-30-85(102)131)52-84(130)77(28-32-87(104)133)107-88(134)33-29-78(101(146)147)118-45-39-116(60-91(138)139)37-35-115(59-90(136)137)36-38-117(40-46-118)61-92(140)141;/h17-20,22-25,53-56,62-63,66-67,76-78,126-129H,7-16,21,26-52,57-61H2,1-6H3,(H2,102,131)(H2,103,132)(H2,104,133)(H,105,143)(H,106,144)(H,107,134)(H,108,142)(H,136,137)(H,138,139)(H,140,141)(H,146,147);/t66-,67-,76+,77+,78-;/m1./s1. The third-order valence-corrected chi connectivity index (χ3v) is 26.5. The fraction of sp³-hybridized carbons (Fsp3) is 0.554. The van der Waals surface area contributed by atoms with Gasteiger partial charge in [-0.15, -0.1) is 20.4 Å². The molecular formula is C101H141LuN21O25. The number of ketones is 4. The SMILES string of the molecule is CCNC(=O)c1nnc(-c2cc(C(C)C)c(O)cc2O)n1-c1ccc(CN2CCN(C(=O)CCC(=O)C[C@@H](CCCCCC(=O)CCCC(=O)[C@H](CCC(N)=O)NC(=O)[C@H](CCC(N)=O)CC(=O)[C@H](CCC(N)=O)NC(=O)CC[C@H](C(=O)O)N3CCN(CC(=O)O)CCN(CC(=O)O)CCN(CC(=O)O)CC3)C(=O)N3CCN(Cc4ccc(-n5c(C(=O)NCC)nnc5-c5cc(C(C)C)c(O)cc5O)cc4)CC3)CC2)cc1.[Lu]. The summed E-state index contributed by atoms with van der Waals surface area (Å²) in [5.74, 6) is -15.8. The van der Waals surface area contributed by atoms with Gasteiger partial charge in [0.2, 0.25) is 53.0 Å². The second-order valence-electron chi connectivity index (χ2n) is 38.2. The van der Waals surface area contributed by atoms with Crippen LogP contribution in [0.2, 0.25) is 0 Å². The molecule has 815 valence electrons. The molecule has 47 heteroatoms. The van der Waals surface area contributed by atoms with Crippen LogP contribution in [0.25, 0.3) is 34.2 Å². The van der Waals surface area contributed by atoms with Crippen LogP contribution < -0.4 is 38.5 Å². The van der Waals surface area contributed by atoms with Crippen molar-refractivity contribution < 1.29 is 159 Å². The number of rotatable bonds is 57. The van der Waals surface area contributed by atoms with E-state index in [2.05, 4.69) is 51.5 Å². The largest absolute Gasteiger partial charge is 0.508 e. The zero-order chi connectivity index (χ0) is 107. The van der Waals surface area contributed by atoms with E-state index < -0.39 is 171 Å². The third kappa shape index (κ3) is 37.2. The fourth-order valence-electron chi connectivity index (χ4n) is 18.4. The molecule has 9 amide bonds.